The Balaban J connectivity index is 4.39. The molecular formula is C72H126O6. The number of unbranched alkanes of at least 4 members (excludes halogenated alkanes) is 36. The molecule has 6 heteroatoms. The first-order chi connectivity index (χ1) is 38.5. The molecule has 0 heterocycles. The molecule has 1 unspecified atom stereocenters. The first kappa shape index (κ1) is 74.6. The van der Waals surface area contributed by atoms with E-state index in [9.17, 15) is 14.4 Å². The Bertz CT molecular complexity index is 1480. The maximum atomic E-state index is 12.9. The summed E-state index contributed by atoms with van der Waals surface area (Å²) in [7, 11) is 0. The predicted molar refractivity (Wildman–Crippen MR) is 339 cm³/mol. The number of carbonyl (C=O) groups excluding carboxylic acids is 3. The van der Waals surface area contributed by atoms with Crippen LogP contribution in [-0.2, 0) is 28.6 Å². The van der Waals surface area contributed by atoms with E-state index >= 15 is 0 Å². The van der Waals surface area contributed by atoms with Crippen LogP contribution < -0.4 is 0 Å². The minimum Gasteiger partial charge on any atom is -0.462 e. The zero-order valence-electron chi connectivity index (χ0n) is 51.7. The van der Waals surface area contributed by atoms with Crippen molar-refractivity contribution in [1.82, 2.24) is 0 Å². The van der Waals surface area contributed by atoms with Crippen LogP contribution in [-0.4, -0.2) is 37.2 Å². The first-order valence-corrected chi connectivity index (χ1v) is 33.6. The minimum atomic E-state index is -0.804. The van der Waals surface area contributed by atoms with Crippen LogP contribution in [0, 0.1) is 0 Å². The number of allylic oxidation sites excluding steroid dienone is 14. The quantitative estimate of drug-likeness (QED) is 0.0261. The highest BCUT2D eigenvalue weighted by Gasteiger charge is 2.19. The number of carbonyl (C=O) groups is 3. The third-order valence-electron chi connectivity index (χ3n) is 14.6. The van der Waals surface area contributed by atoms with Gasteiger partial charge in [0.1, 0.15) is 13.2 Å². The van der Waals surface area contributed by atoms with E-state index in [1.54, 1.807) is 0 Å². The van der Waals surface area contributed by atoms with E-state index < -0.39 is 6.10 Å². The van der Waals surface area contributed by atoms with Gasteiger partial charge in [-0.15, -0.1) is 0 Å². The molecule has 0 spiro atoms. The summed E-state index contributed by atoms with van der Waals surface area (Å²) in [6.45, 7) is 6.52. The summed E-state index contributed by atoms with van der Waals surface area (Å²) in [4.78, 5) is 38.4. The molecule has 0 aromatic rings. The van der Waals surface area contributed by atoms with E-state index in [0.717, 1.165) is 96.3 Å². The van der Waals surface area contributed by atoms with Gasteiger partial charge in [-0.3, -0.25) is 14.4 Å². The molecule has 450 valence electrons. The van der Waals surface area contributed by atoms with Crippen LogP contribution in [0.4, 0.5) is 0 Å². The van der Waals surface area contributed by atoms with E-state index in [-0.39, 0.29) is 37.5 Å². The molecule has 0 aliphatic rings. The van der Waals surface area contributed by atoms with Gasteiger partial charge >= 0.3 is 17.9 Å². The summed E-state index contributed by atoms with van der Waals surface area (Å²) in [6.07, 6.45) is 87.5. The zero-order chi connectivity index (χ0) is 56.4. The lowest BCUT2D eigenvalue weighted by Gasteiger charge is -2.18. The van der Waals surface area contributed by atoms with Crippen molar-refractivity contribution in [2.24, 2.45) is 0 Å². The standard InChI is InChI=1S/C72H126O6/c1-4-7-10-13-16-19-22-25-28-30-32-34-35-36-38-39-41-44-47-50-53-56-59-62-65-71(74)77-68-69(67-76-70(73)64-61-58-55-52-49-46-43-27-24-21-18-15-12-9-6-3)78-72(75)66-63-60-57-54-51-48-45-42-40-37-33-31-29-26-23-20-17-14-11-8-5-2/h8,11,17,20,26-27,29,33,37,42-43,45,51,54,69H,4-7,9-10,12-16,18-19,21-25,28,30-32,34-36,38-41,44,46-50,52-53,55-68H2,1-3H3/b11-8-,20-17-,29-26-,37-33-,43-27-,45-42-,54-51-. The molecule has 0 bridgehead atoms. The molecule has 0 saturated carbocycles. The Labute approximate surface area is 484 Å². The van der Waals surface area contributed by atoms with Crippen LogP contribution in [0.3, 0.4) is 0 Å². The second-order valence-electron chi connectivity index (χ2n) is 22.4. The van der Waals surface area contributed by atoms with Gasteiger partial charge in [0.25, 0.3) is 0 Å². The maximum Gasteiger partial charge on any atom is 0.306 e. The Morgan fingerprint density at radius 2 is 0.500 bits per heavy atom. The fraction of sp³-hybridized carbons (Fsp3) is 0.764. The molecule has 0 N–H and O–H groups in total. The van der Waals surface area contributed by atoms with Gasteiger partial charge in [-0.25, -0.2) is 0 Å². The lowest BCUT2D eigenvalue weighted by molar-refractivity contribution is -0.167. The van der Waals surface area contributed by atoms with Crippen LogP contribution >= 0.6 is 0 Å². The zero-order valence-corrected chi connectivity index (χ0v) is 51.7. The number of rotatable bonds is 61. The number of hydrogen-bond donors (Lipinski definition) is 0. The SMILES string of the molecule is CC/C=C\C/C=C\C/C=C\C/C=C\C/C=C\C/C=C\CCCCC(=O)OC(COC(=O)CCCCCCC/C=C\CCCCCCCC)COC(=O)CCCCCCCCCCCCCCCCCCCCCCCCCC. The maximum absolute atomic E-state index is 12.9. The molecule has 1 atom stereocenters. The third kappa shape index (κ3) is 63.4. The van der Waals surface area contributed by atoms with E-state index in [1.807, 2.05) is 0 Å². The van der Waals surface area contributed by atoms with Crippen molar-refractivity contribution in [3.05, 3.63) is 85.1 Å². The largest absolute Gasteiger partial charge is 0.462 e. The Morgan fingerprint density at radius 3 is 0.821 bits per heavy atom. The molecular weight excluding hydrogens is 961 g/mol. The summed E-state index contributed by atoms with van der Waals surface area (Å²) in [6, 6.07) is 0. The number of hydrogen-bond acceptors (Lipinski definition) is 6. The smallest absolute Gasteiger partial charge is 0.306 e. The molecule has 0 fully saturated rings. The molecule has 0 radical (unpaired) electrons. The summed E-state index contributed by atoms with van der Waals surface area (Å²) in [5.74, 6) is -0.931. The lowest BCUT2D eigenvalue weighted by atomic mass is 10.0. The van der Waals surface area contributed by atoms with Gasteiger partial charge in [-0.05, 0) is 96.3 Å². The van der Waals surface area contributed by atoms with E-state index in [2.05, 4.69) is 106 Å². The van der Waals surface area contributed by atoms with Crippen molar-refractivity contribution in [3.8, 4) is 0 Å². The van der Waals surface area contributed by atoms with Crippen molar-refractivity contribution >= 4 is 17.9 Å². The Morgan fingerprint density at radius 1 is 0.269 bits per heavy atom. The van der Waals surface area contributed by atoms with Crippen molar-refractivity contribution < 1.29 is 28.6 Å². The first-order valence-electron chi connectivity index (χ1n) is 33.6. The van der Waals surface area contributed by atoms with Crippen LogP contribution in [0.2, 0.25) is 0 Å². The van der Waals surface area contributed by atoms with E-state index in [0.29, 0.717) is 19.3 Å². The monoisotopic (exact) mass is 1090 g/mol. The summed E-state index contributed by atoms with van der Waals surface area (Å²) < 4.78 is 16.9. The highest BCUT2D eigenvalue weighted by molar-refractivity contribution is 5.71. The molecule has 0 aliphatic carbocycles. The van der Waals surface area contributed by atoms with Gasteiger partial charge in [0, 0.05) is 19.3 Å². The minimum absolute atomic E-state index is 0.0941. The number of esters is 3. The lowest BCUT2D eigenvalue weighted by Crippen LogP contribution is -2.30. The van der Waals surface area contributed by atoms with Crippen molar-refractivity contribution in [2.75, 3.05) is 13.2 Å². The topological polar surface area (TPSA) is 78.9 Å². The molecule has 0 aromatic heterocycles. The Hall–Kier alpha value is -3.41. The Kier molecular flexibility index (Phi) is 63.2. The second kappa shape index (κ2) is 66.1. The molecule has 0 saturated heterocycles. The third-order valence-corrected chi connectivity index (χ3v) is 14.6. The molecule has 78 heavy (non-hydrogen) atoms. The summed E-state index contributed by atoms with van der Waals surface area (Å²) in [5, 5.41) is 0. The van der Waals surface area contributed by atoms with E-state index in [4.69, 9.17) is 14.2 Å². The summed E-state index contributed by atoms with van der Waals surface area (Å²) >= 11 is 0. The van der Waals surface area contributed by atoms with Gasteiger partial charge in [0.2, 0.25) is 0 Å². The fourth-order valence-corrected chi connectivity index (χ4v) is 9.62. The second-order valence-corrected chi connectivity index (χ2v) is 22.4. The average Bonchev–Trinajstić information content (AvgIpc) is 3.44. The predicted octanol–water partition coefficient (Wildman–Crippen LogP) is 23.1. The van der Waals surface area contributed by atoms with Crippen LogP contribution in [0.25, 0.3) is 0 Å². The van der Waals surface area contributed by atoms with Crippen LogP contribution in [0.15, 0.2) is 85.1 Å². The molecule has 0 aromatic carbocycles. The van der Waals surface area contributed by atoms with Crippen LogP contribution in [0.5, 0.6) is 0 Å². The van der Waals surface area contributed by atoms with Gasteiger partial charge in [-0.1, -0.05) is 305 Å². The van der Waals surface area contributed by atoms with E-state index in [1.165, 1.54) is 193 Å². The normalized spacial score (nSPS) is 12.6. The highest BCUT2D eigenvalue weighted by Crippen LogP contribution is 2.17. The number of ether oxygens (including phenoxy) is 3. The van der Waals surface area contributed by atoms with Gasteiger partial charge in [-0.2, -0.15) is 0 Å². The van der Waals surface area contributed by atoms with Crippen molar-refractivity contribution in [2.45, 2.75) is 341 Å². The van der Waals surface area contributed by atoms with Gasteiger partial charge in [0.15, 0.2) is 6.10 Å². The van der Waals surface area contributed by atoms with Crippen molar-refractivity contribution in [1.29, 1.82) is 0 Å². The van der Waals surface area contributed by atoms with Crippen LogP contribution in [0.1, 0.15) is 335 Å². The van der Waals surface area contributed by atoms with Gasteiger partial charge < -0.3 is 14.2 Å². The molecule has 6 nitrogen and oxygen atoms in total. The fourth-order valence-electron chi connectivity index (χ4n) is 9.62. The highest BCUT2D eigenvalue weighted by atomic mass is 16.6. The van der Waals surface area contributed by atoms with Crippen molar-refractivity contribution in [3.63, 3.8) is 0 Å². The molecule has 0 amide bonds. The average molecular weight is 1090 g/mol. The summed E-state index contributed by atoms with van der Waals surface area (Å²) in [5.41, 5.74) is 0. The molecule has 0 aliphatic heterocycles. The van der Waals surface area contributed by atoms with Gasteiger partial charge in [0.05, 0.1) is 0 Å². The molecule has 0 rings (SSSR count).